The number of aliphatic hydroxyl groups is 1. The molecule has 0 aliphatic carbocycles. The van der Waals surface area contributed by atoms with Crippen LogP contribution in [0.4, 0.5) is 0 Å². The van der Waals surface area contributed by atoms with Crippen molar-refractivity contribution in [3.63, 3.8) is 0 Å². The van der Waals surface area contributed by atoms with Crippen molar-refractivity contribution in [1.82, 2.24) is 0 Å². The molecule has 1 nitrogen and oxygen atoms in total. The first-order chi connectivity index (χ1) is 6.66. The zero-order valence-corrected chi connectivity index (χ0v) is 8.85. The molecule has 0 spiro atoms. The highest BCUT2D eigenvalue weighted by molar-refractivity contribution is 5.20. The Kier molecular flexibility index (Phi) is 3.90. The van der Waals surface area contributed by atoms with Crippen LogP contribution in [0.1, 0.15) is 25.3 Å². The summed E-state index contributed by atoms with van der Waals surface area (Å²) in [6, 6.07) is 10.1. The minimum absolute atomic E-state index is 0.130. The van der Waals surface area contributed by atoms with Gasteiger partial charge in [0.15, 0.2) is 0 Å². The largest absolute Gasteiger partial charge is 0.392 e. The summed E-state index contributed by atoms with van der Waals surface area (Å²) in [6.07, 6.45) is 1.44. The Morgan fingerprint density at radius 3 is 2.29 bits per heavy atom. The first kappa shape index (κ1) is 11.0. The third kappa shape index (κ3) is 2.46. The summed E-state index contributed by atoms with van der Waals surface area (Å²) in [6.45, 7) is 7.72. The highest BCUT2D eigenvalue weighted by Gasteiger charge is 2.19. The van der Waals surface area contributed by atoms with Crippen LogP contribution in [0.15, 0.2) is 43.0 Å². The molecule has 0 aromatic heterocycles. The van der Waals surface area contributed by atoms with Crippen LogP contribution in [0.25, 0.3) is 0 Å². The number of benzene rings is 1. The van der Waals surface area contributed by atoms with Crippen LogP contribution in [0.2, 0.25) is 0 Å². The molecule has 1 N–H and O–H groups in total. The van der Waals surface area contributed by atoms with Crippen molar-refractivity contribution in [2.45, 2.75) is 25.9 Å². The zero-order chi connectivity index (χ0) is 10.6. The Bertz CT molecular complexity index is 279. The smallest absolute Gasteiger partial charge is 0.0665 e. The molecule has 1 aromatic carbocycles. The molecular weight excluding hydrogens is 172 g/mol. The van der Waals surface area contributed by atoms with Crippen molar-refractivity contribution in [2.75, 3.05) is 0 Å². The maximum absolute atomic E-state index is 9.97. The lowest BCUT2D eigenvalue weighted by Gasteiger charge is -2.22. The molecule has 1 rings (SSSR count). The summed E-state index contributed by atoms with van der Waals surface area (Å²) < 4.78 is 0. The molecule has 0 saturated heterocycles. The van der Waals surface area contributed by atoms with E-state index >= 15 is 0 Å². The maximum atomic E-state index is 9.97. The number of aliphatic hydroxyl groups excluding tert-OH is 1. The monoisotopic (exact) mass is 190 g/mol. The van der Waals surface area contributed by atoms with E-state index in [1.807, 2.05) is 44.2 Å². The summed E-state index contributed by atoms with van der Waals surface area (Å²) >= 11 is 0. The molecule has 3 atom stereocenters. The van der Waals surface area contributed by atoms with E-state index in [-0.39, 0.29) is 17.9 Å². The van der Waals surface area contributed by atoms with Crippen molar-refractivity contribution in [2.24, 2.45) is 5.92 Å². The predicted octanol–water partition coefficient (Wildman–Crippen LogP) is 2.97. The lowest BCUT2D eigenvalue weighted by atomic mass is 9.88. The lowest BCUT2D eigenvalue weighted by Crippen LogP contribution is -2.22. The normalized spacial score (nSPS) is 17.1. The Labute approximate surface area is 86.1 Å². The molecule has 0 fully saturated rings. The van der Waals surface area contributed by atoms with E-state index in [1.54, 1.807) is 6.08 Å². The number of rotatable bonds is 4. The van der Waals surface area contributed by atoms with Gasteiger partial charge >= 0.3 is 0 Å². The number of hydrogen-bond donors (Lipinski definition) is 1. The van der Waals surface area contributed by atoms with Crippen molar-refractivity contribution in [3.8, 4) is 0 Å². The van der Waals surface area contributed by atoms with Gasteiger partial charge in [0.1, 0.15) is 0 Å². The summed E-state index contributed by atoms with van der Waals surface area (Å²) in [7, 11) is 0. The summed E-state index contributed by atoms with van der Waals surface area (Å²) in [5, 5.41) is 9.97. The van der Waals surface area contributed by atoms with Gasteiger partial charge in [-0.3, -0.25) is 0 Å². The Morgan fingerprint density at radius 1 is 1.21 bits per heavy atom. The Morgan fingerprint density at radius 2 is 1.79 bits per heavy atom. The van der Waals surface area contributed by atoms with Crippen LogP contribution in [-0.4, -0.2) is 11.2 Å². The van der Waals surface area contributed by atoms with Gasteiger partial charge in [-0.25, -0.2) is 0 Å². The molecular formula is C13H18O. The third-order valence-electron chi connectivity index (χ3n) is 2.75. The average Bonchev–Trinajstić information content (AvgIpc) is 2.27. The van der Waals surface area contributed by atoms with E-state index in [9.17, 15) is 5.11 Å². The number of hydrogen-bond acceptors (Lipinski definition) is 1. The van der Waals surface area contributed by atoms with Crippen molar-refractivity contribution >= 4 is 0 Å². The third-order valence-corrected chi connectivity index (χ3v) is 2.75. The summed E-state index contributed by atoms with van der Waals surface area (Å²) in [4.78, 5) is 0. The summed E-state index contributed by atoms with van der Waals surface area (Å²) in [5.41, 5.74) is 1.17. The van der Waals surface area contributed by atoms with Gasteiger partial charge in [0.2, 0.25) is 0 Å². The molecule has 76 valence electrons. The highest BCUT2D eigenvalue weighted by atomic mass is 16.3. The quantitative estimate of drug-likeness (QED) is 0.724. The van der Waals surface area contributed by atoms with E-state index in [2.05, 4.69) is 6.58 Å². The highest BCUT2D eigenvalue weighted by Crippen LogP contribution is 2.23. The molecule has 0 amide bonds. The first-order valence-corrected chi connectivity index (χ1v) is 5.02. The standard InChI is InChI=1S/C13H18O/c1-4-10(2)13(14)11(3)12-8-6-5-7-9-12/h4-11,13-14H,1H2,2-3H3/t10?,11-,13-/m0/s1. The Hall–Kier alpha value is -1.08. The van der Waals surface area contributed by atoms with Gasteiger partial charge in [-0.05, 0) is 5.56 Å². The van der Waals surface area contributed by atoms with Gasteiger partial charge in [0, 0.05) is 11.8 Å². The van der Waals surface area contributed by atoms with Crippen molar-refractivity contribution in [1.29, 1.82) is 0 Å². The van der Waals surface area contributed by atoms with Gasteiger partial charge in [-0.15, -0.1) is 6.58 Å². The molecule has 0 heterocycles. The molecule has 0 aliphatic rings. The van der Waals surface area contributed by atoms with E-state index in [1.165, 1.54) is 5.56 Å². The molecule has 0 aliphatic heterocycles. The van der Waals surface area contributed by atoms with Crippen molar-refractivity contribution in [3.05, 3.63) is 48.6 Å². The van der Waals surface area contributed by atoms with Gasteiger partial charge in [0.25, 0.3) is 0 Å². The van der Waals surface area contributed by atoms with Crippen LogP contribution in [0.3, 0.4) is 0 Å². The van der Waals surface area contributed by atoms with E-state index in [0.717, 1.165) is 0 Å². The van der Waals surface area contributed by atoms with Gasteiger partial charge < -0.3 is 5.11 Å². The van der Waals surface area contributed by atoms with Crippen LogP contribution in [0, 0.1) is 5.92 Å². The van der Waals surface area contributed by atoms with E-state index in [4.69, 9.17) is 0 Å². The molecule has 14 heavy (non-hydrogen) atoms. The average molecular weight is 190 g/mol. The minimum atomic E-state index is -0.352. The Balaban J connectivity index is 2.75. The molecule has 0 bridgehead atoms. The second-order valence-electron chi connectivity index (χ2n) is 3.78. The van der Waals surface area contributed by atoms with Crippen LogP contribution in [0.5, 0.6) is 0 Å². The maximum Gasteiger partial charge on any atom is 0.0665 e. The van der Waals surface area contributed by atoms with Gasteiger partial charge in [0.05, 0.1) is 6.10 Å². The predicted molar refractivity (Wildman–Crippen MR) is 60.2 cm³/mol. The lowest BCUT2D eigenvalue weighted by molar-refractivity contribution is 0.114. The van der Waals surface area contributed by atoms with Gasteiger partial charge in [-0.1, -0.05) is 50.3 Å². The van der Waals surface area contributed by atoms with Gasteiger partial charge in [-0.2, -0.15) is 0 Å². The van der Waals surface area contributed by atoms with E-state index < -0.39 is 0 Å². The summed E-state index contributed by atoms with van der Waals surface area (Å²) in [5.74, 6) is 0.286. The fraction of sp³-hybridized carbons (Fsp3) is 0.385. The zero-order valence-electron chi connectivity index (χ0n) is 8.85. The van der Waals surface area contributed by atoms with Crippen LogP contribution >= 0.6 is 0 Å². The molecule has 0 saturated carbocycles. The molecule has 1 unspecified atom stereocenters. The molecule has 0 radical (unpaired) electrons. The second kappa shape index (κ2) is 4.97. The first-order valence-electron chi connectivity index (χ1n) is 5.02. The second-order valence-corrected chi connectivity index (χ2v) is 3.78. The fourth-order valence-corrected chi connectivity index (χ4v) is 1.55. The fourth-order valence-electron chi connectivity index (χ4n) is 1.55. The molecule has 1 aromatic rings. The molecule has 1 heteroatoms. The topological polar surface area (TPSA) is 20.2 Å². The minimum Gasteiger partial charge on any atom is -0.392 e. The SMILES string of the molecule is C=CC(C)[C@H](O)[C@@H](C)c1ccccc1. The van der Waals surface area contributed by atoms with Crippen LogP contribution < -0.4 is 0 Å². The van der Waals surface area contributed by atoms with E-state index in [0.29, 0.717) is 0 Å². The van der Waals surface area contributed by atoms with Crippen molar-refractivity contribution < 1.29 is 5.11 Å². The van der Waals surface area contributed by atoms with Crippen LogP contribution in [-0.2, 0) is 0 Å².